The monoisotopic (exact) mass is 625 g/mol. The summed E-state index contributed by atoms with van der Waals surface area (Å²) in [7, 11) is -4.19. The van der Waals surface area contributed by atoms with Gasteiger partial charge in [-0.05, 0) is 61.9 Å². The lowest BCUT2D eigenvalue weighted by Crippen LogP contribution is -2.51. The van der Waals surface area contributed by atoms with Gasteiger partial charge in [-0.1, -0.05) is 69.5 Å². The van der Waals surface area contributed by atoms with Crippen molar-refractivity contribution in [2.24, 2.45) is 0 Å². The highest BCUT2D eigenvalue weighted by Gasteiger charge is 2.32. The van der Waals surface area contributed by atoms with Gasteiger partial charge in [0.2, 0.25) is 11.8 Å². The standard InChI is InChI=1S/C26H26BrCl2N3O4S/c1-3-30-26(34)18(2)31(16-19-9-11-20(27)12-10-19)25(33)17-32(23-14-21(28)13-22(29)15-23)37(35,36)24-7-5-4-6-8-24/h4-15,18H,3,16-17H2,1-2H3,(H,30,34)/t18-/m0/s1. The topological polar surface area (TPSA) is 86.8 Å². The second kappa shape index (κ2) is 12.8. The largest absolute Gasteiger partial charge is 0.355 e. The second-order valence-corrected chi connectivity index (χ2v) is 11.8. The molecule has 37 heavy (non-hydrogen) atoms. The Labute approximate surface area is 235 Å². The molecule has 0 aliphatic heterocycles. The highest BCUT2D eigenvalue weighted by atomic mass is 79.9. The zero-order valence-electron chi connectivity index (χ0n) is 20.2. The van der Waals surface area contributed by atoms with E-state index < -0.39 is 28.5 Å². The SMILES string of the molecule is CCNC(=O)[C@H](C)N(Cc1ccc(Br)cc1)C(=O)CN(c1cc(Cl)cc(Cl)c1)S(=O)(=O)c1ccccc1. The van der Waals surface area contributed by atoms with Crippen LogP contribution in [-0.2, 0) is 26.2 Å². The summed E-state index contributed by atoms with van der Waals surface area (Å²) in [4.78, 5) is 27.8. The molecule has 1 atom stereocenters. The van der Waals surface area contributed by atoms with Gasteiger partial charge in [-0.2, -0.15) is 0 Å². The molecule has 1 N–H and O–H groups in total. The predicted molar refractivity (Wildman–Crippen MR) is 150 cm³/mol. The van der Waals surface area contributed by atoms with Crippen LogP contribution in [0.1, 0.15) is 19.4 Å². The average Bonchev–Trinajstić information content (AvgIpc) is 2.86. The van der Waals surface area contributed by atoms with Crippen LogP contribution in [0.15, 0.2) is 82.2 Å². The smallest absolute Gasteiger partial charge is 0.264 e. The van der Waals surface area contributed by atoms with Crippen LogP contribution in [0, 0.1) is 0 Å². The second-order valence-electron chi connectivity index (χ2n) is 8.17. The molecule has 0 fully saturated rings. The van der Waals surface area contributed by atoms with Crippen LogP contribution in [-0.4, -0.2) is 44.3 Å². The molecule has 0 saturated carbocycles. The van der Waals surface area contributed by atoms with E-state index >= 15 is 0 Å². The maximum absolute atomic E-state index is 13.8. The zero-order chi connectivity index (χ0) is 27.2. The van der Waals surface area contributed by atoms with Gasteiger partial charge in [0.25, 0.3) is 10.0 Å². The van der Waals surface area contributed by atoms with Crippen molar-refractivity contribution in [2.45, 2.75) is 31.3 Å². The van der Waals surface area contributed by atoms with E-state index in [1.165, 1.54) is 35.2 Å². The first-order valence-electron chi connectivity index (χ1n) is 11.4. The summed E-state index contributed by atoms with van der Waals surface area (Å²) in [6, 6.07) is 18.5. The summed E-state index contributed by atoms with van der Waals surface area (Å²) in [6.45, 7) is 3.30. The number of nitrogens with one attached hydrogen (secondary N) is 1. The van der Waals surface area contributed by atoms with Crippen LogP contribution in [0.3, 0.4) is 0 Å². The van der Waals surface area contributed by atoms with Crippen LogP contribution >= 0.6 is 39.1 Å². The summed E-state index contributed by atoms with van der Waals surface area (Å²) in [6.07, 6.45) is 0. The van der Waals surface area contributed by atoms with Gasteiger partial charge >= 0.3 is 0 Å². The molecule has 0 saturated heterocycles. The minimum atomic E-state index is -4.19. The van der Waals surface area contributed by atoms with Gasteiger partial charge in [0, 0.05) is 27.6 Å². The van der Waals surface area contributed by atoms with E-state index in [-0.39, 0.29) is 33.1 Å². The number of hydrogen-bond donors (Lipinski definition) is 1. The number of carbonyl (C=O) groups excluding carboxylic acids is 2. The minimum absolute atomic E-state index is 0.00451. The van der Waals surface area contributed by atoms with E-state index in [2.05, 4.69) is 21.2 Å². The highest BCUT2D eigenvalue weighted by Crippen LogP contribution is 2.30. The minimum Gasteiger partial charge on any atom is -0.355 e. The molecule has 3 aromatic carbocycles. The van der Waals surface area contributed by atoms with E-state index in [1.54, 1.807) is 32.0 Å². The molecule has 0 bridgehead atoms. The molecule has 0 aliphatic rings. The van der Waals surface area contributed by atoms with Gasteiger partial charge in [-0.25, -0.2) is 8.42 Å². The van der Waals surface area contributed by atoms with Crippen LogP contribution in [0.25, 0.3) is 0 Å². The molecule has 0 aromatic heterocycles. The molecule has 0 spiro atoms. The van der Waals surface area contributed by atoms with E-state index in [0.717, 1.165) is 14.3 Å². The number of carbonyl (C=O) groups is 2. The molecule has 7 nitrogen and oxygen atoms in total. The molecule has 3 aromatic rings. The van der Waals surface area contributed by atoms with Crippen molar-refractivity contribution in [1.29, 1.82) is 0 Å². The Bertz CT molecular complexity index is 1340. The van der Waals surface area contributed by atoms with Gasteiger partial charge in [0.05, 0.1) is 10.6 Å². The molecule has 196 valence electrons. The number of hydrogen-bond acceptors (Lipinski definition) is 4. The van der Waals surface area contributed by atoms with Crippen LogP contribution in [0.4, 0.5) is 5.69 Å². The Balaban J connectivity index is 2.04. The maximum atomic E-state index is 13.8. The Kier molecular flexibility index (Phi) is 10.0. The molecular formula is C26H26BrCl2N3O4S. The quantitative estimate of drug-likeness (QED) is 0.322. The van der Waals surface area contributed by atoms with E-state index in [9.17, 15) is 18.0 Å². The molecule has 0 aliphatic carbocycles. The van der Waals surface area contributed by atoms with Crippen molar-refractivity contribution >= 4 is 66.7 Å². The maximum Gasteiger partial charge on any atom is 0.264 e. The van der Waals surface area contributed by atoms with Crippen molar-refractivity contribution in [3.8, 4) is 0 Å². The first kappa shape index (κ1) is 29.0. The lowest BCUT2D eigenvalue weighted by molar-refractivity contribution is -0.139. The lowest BCUT2D eigenvalue weighted by atomic mass is 10.1. The van der Waals surface area contributed by atoms with Crippen molar-refractivity contribution < 1.29 is 18.0 Å². The first-order valence-corrected chi connectivity index (χ1v) is 14.4. The highest BCUT2D eigenvalue weighted by molar-refractivity contribution is 9.10. The number of benzene rings is 3. The molecule has 2 amide bonds. The number of anilines is 1. The number of nitrogens with zero attached hydrogens (tertiary/aromatic N) is 2. The molecule has 0 radical (unpaired) electrons. The van der Waals surface area contributed by atoms with E-state index in [1.807, 2.05) is 24.3 Å². The Morgan fingerprint density at radius 1 is 0.973 bits per heavy atom. The Hall–Kier alpha value is -2.59. The number of likely N-dealkylation sites (N-methyl/N-ethyl adjacent to an activating group) is 1. The third-order valence-electron chi connectivity index (χ3n) is 5.53. The predicted octanol–water partition coefficient (Wildman–Crippen LogP) is 5.50. The van der Waals surface area contributed by atoms with Gasteiger partial charge in [-0.3, -0.25) is 13.9 Å². The zero-order valence-corrected chi connectivity index (χ0v) is 24.1. The normalized spacial score (nSPS) is 12.0. The first-order chi connectivity index (χ1) is 17.5. The number of rotatable bonds is 10. The summed E-state index contributed by atoms with van der Waals surface area (Å²) < 4.78 is 29.2. The summed E-state index contributed by atoms with van der Waals surface area (Å²) in [5.74, 6) is -0.923. The van der Waals surface area contributed by atoms with Crippen LogP contribution in [0.2, 0.25) is 10.0 Å². The van der Waals surface area contributed by atoms with Crippen LogP contribution < -0.4 is 9.62 Å². The van der Waals surface area contributed by atoms with E-state index in [4.69, 9.17) is 23.2 Å². The molecule has 3 rings (SSSR count). The summed E-state index contributed by atoms with van der Waals surface area (Å²) in [5.41, 5.74) is 0.903. The van der Waals surface area contributed by atoms with Crippen molar-refractivity contribution in [3.05, 3.63) is 92.9 Å². The molecule has 0 heterocycles. The van der Waals surface area contributed by atoms with Gasteiger partial charge in [0.15, 0.2) is 0 Å². The van der Waals surface area contributed by atoms with E-state index in [0.29, 0.717) is 6.54 Å². The van der Waals surface area contributed by atoms with Crippen molar-refractivity contribution in [1.82, 2.24) is 10.2 Å². The summed E-state index contributed by atoms with van der Waals surface area (Å²) in [5, 5.41) is 3.15. The fraction of sp³-hybridized carbons (Fsp3) is 0.231. The average molecular weight is 627 g/mol. The molecule has 0 unspecified atom stereocenters. The summed E-state index contributed by atoms with van der Waals surface area (Å²) >= 11 is 15.7. The van der Waals surface area contributed by atoms with Gasteiger partial charge < -0.3 is 10.2 Å². The lowest BCUT2D eigenvalue weighted by Gasteiger charge is -2.32. The fourth-order valence-corrected chi connectivity index (χ4v) is 5.82. The van der Waals surface area contributed by atoms with Gasteiger partial charge in [-0.15, -0.1) is 0 Å². The van der Waals surface area contributed by atoms with Gasteiger partial charge in [0.1, 0.15) is 12.6 Å². The number of amides is 2. The van der Waals surface area contributed by atoms with Crippen molar-refractivity contribution in [2.75, 3.05) is 17.4 Å². The fourth-order valence-electron chi connectivity index (χ4n) is 3.62. The molecular weight excluding hydrogens is 601 g/mol. The van der Waals surface area contributed by atoms with Crippen molar-refractivity contribution in [3.63, 3.8) is 0 Å². The number of halogens is 3. The third kappa shape index (κ3) is 7.47. The van der Waals surface area contributed by atoms with Crippen LogP contribution in [0.5, 0.6) is 0 Å². The Morgan fingerprint density at radius 3 is 2.14 bits per heavy atom. The number of sulfonamides is 1. The Morgan fingerprint density at radius 2 is 1.57 bits per heavy atom. The third-order valence-corrected chi connectivity index (χ3v) is 8.28. The molecule has 11 heteroatoms.